The maximum atomic E-state index is 10.8. The summed E-state index contributed by atoms with van der Waals surface area (Å²) in [7, 11) is 0. The van der Waals surface area contributed by atoms with Gasteiger partial charge in [0, 0.05) is 12.2 Å². The zero-order valence-corrected chi connectivity index (χ0v) is 8.26. The number of carbonyl (C=O) groups is 1. The number of nitrogens with one attached hydrogen (secondary N) is 1. The van der Waals surface area contributed by atoms with Crippen LogP contribution in [-0.4, -0.2) is 19.3 Å². The molecular formula is C9H17NO3. The van der Waals surface area contributed by atoms with E-state index in [0.29, 0.717) is 12.2 Å². The topological polar surface area (TPSA) is 47.6 Å². The molecule has 0 aliphatic carbocycles. The highest BCUT2D eigenvalue weighted by molar-refractivity contribution is 5.91. The van der Waals surface area contributed by atoms with Crippen LogP contribution >= 0.6 is 0 Å². The van der Waals surface area contributed by atoms with E-state index in [1.54, 1.807) is 6.92 Å². The van der Waals surface area contributed by atoms with Crippen molar-refractivity contribution in [3.05, 3.63) is 12.2 Å². The van der Waals surface area contributed by atoms with Crippen molar-refractivity contribution in [2.24, 2.45) is 0 Å². The second-order valence-corrected chi connectivity index (χ2v) is 2.74. The molecule has 0 aromatic heterocycles. The van der Waals surface area contributed by atoms with Gasteiger partial charge < -0.3 is 4.74 Å². The Balaban J connectivity index is 3.16. The summed E-state index contributed by atoms with van der Waals surface area (Å²) in [6, 6.07) is 0. The minimum atomic E-state index is -0.320. The summed E-state index contributed by atoms with van der Waals surface area (Å²) < 4.78 is 5.04. The molecule has 0 saturated heterocycles. The number of amides is 1. The van der Waals surface area contributed by atoms with E-state index in [2.05, 4.69) is 19.0 Å². The van der Waals surface area contributed by atoms with E-state index in [0.717, 1.165) is 12.8 Å². The van der Waals surface area contributed by atoms with Gasteiger partial charge in [0.05, 0.1) is 0 Å². The van der Waals surface area contributed by atoms with Gasteiger partial charge in [-0.25, -0.2) is 10.3 Å². The molecule has 76 valence electrons. The number of unbranched alkanes of at least 4 members (excludes halogenated alkanes) is 1. The van der Waals surface area contributed by atoms with E-state index < -0.39 is 0 Å². The summed E-state index contributed by atoms with van der Waals surface area (Å²) in [6.45, 7) is 7.87. The van der Waals surface area contributed by atoms with Crippen LogP contribution in [0.3, 0.4) is 0 Å². The van der Waals surface area contributed by atoms with Gasteiger partial charge in [0.15, 0.2) is 6.79 Å². The van der Waals surface area contributed by atoms with Gasteiger partial charge in [-0.15, -0.1) is 0 Å². The van der Waals surface area contributed by atoms with Gasteiger partial charge in [-0.1, -0.05) is 19.9 Å². The Kier molecular flexibility index (Phi) is 7.24. The first-order valence-electron chi connectivity index (χ1n) is 4.33. The van der Waals surface area contributed by atoms with Crippen LogP contribution in [0.2, 0.25) is 0 Å². The minimum Gasteiger partial charge on any atom is -0.353 e. The summed E-state index contributed by atoms with van der Waals surface area (Å²) in [5.41, 5.74) is 2.61. The van der Waals surface area contributed by atoms with Crippen molar-refractivity contribution in [1.82, 2.24) is 5.48 Å². The van der Waals surface area contributed by atoms with E-state index in [9.17, 15) is 4.79 Å². The van der Waals surface area contributed by atoms with E-state index in [1.807, 2.05) is 0 Å². The quantitative estimate of drug-likeness (QED) is 0.283. The van der Waals surface area contributed by atoms with Crippen LogP contribution in [0.15, 0.2) is 12.2 Å². The molecule has 0 heterocycles. The predicted octanol–water partition coefficient (Wildman–Crippen LogP) is 1.38. The second kappa shape index (κ2) is 7.76. The fourth-order valence-corrected chi connectivity index (χ4v) is 0.529. The van der Waals surface area contributed by atoms with E-state index in [-0.39, 0.29) is 12.7 Å². The Bertz CT molecular complexity index is 168. The molecule has 1 N–H and O–H groups in total. The fourth-order valence-electron chi connectivity index (χ4n) is 0.529. The van der Waals surface area contributed by atoms with Crippen molar-refractivity contribution < 1.29 is 14.4 Å². The number of hydroxylamine groups is 1. The monoisotopic (exact) mass is 187 g/mol. The highest BCUT2D eigenvalue weighted by Gasteiger charge is 1.99. The van der Waals surface area contributed by atoms with E-state index in [1.165, 1.54) is 0 Å². The average molecular weight is 187 g/mol. The van der Waals surface area contributed by atoms with Gasteiger partial charge >= 0.3 is 0 Å². The zero-order valence-electron chi connectivity index (χ0n) is 8.26. The lowest BCUT2D eigenvalue weighted by Gasteiger charge is -2.05. The largest absolute Gasteiger partial charge is 0.353 e. The van der Waals surface area contributed by atoms with Crippen molar-refractivity contribution in [3.8, 4) is 0 Å². The van der Waals surface area contributed by atoms with Crippen molar-refractivity contribution in [2.45, 2.75) is 26.7 Å². The van der Waals surface area contributed by atoms with Crippen LogP contribution in [0.1, 0.15) is 26.7 Å². The molecule has 0 rings (SSSR count). The lowest BCUT2D eigenvalue weighted by Crippen LogP contribution is -2.25. The predicted molar refractivity (Wildman–Crippen MR) is 49.8 cm³/mol. The van der Waals surface area contributed by atoms with Crippen LogP contribution in [0, 0.1) is 0 Å². The van der Waals surface area contributed by atoms with Gasteiger partial charge in [-0.05, 0) is 13.3 Å². The lowest BCUT2D eigenvalue weighted by molar-refractivity contribution is -0.144. The Hall–Kier alpha value is -0.870. The van der Waals surface area contributed by atoms with Gasteiger partial charge in [0.1, 0.15) is 0 Å². The summed E-state index contributed by atoms with van der Waals surface area (Å²) >= 11 is 0. The molecule has 4 nitrogen and oxygen atoms in total. The number of hydrogen-bond acceptors (Lipinski definition) is 3. The molecule has 13 heavy (non-hydrogen) atoms. The molecule has 0 aliphatic rings. The summed E-state index contributed by atoms with van der Waals surface area (Å²) in [5, 5.41) is 0. The Morgan fingerprint density at radius 2 is 2.23 bits per heavy atom. The summed E-state index contributed by atoms with van der Waals surface area (Å²) in [6.07, 6.45) is 2.08. The van der Waals surface area contributed by atoms with Crippen LogP contribution < -0.4 is 5.48 Å². The smallest absolute Gasteiger partial charge is 0.269 e. The number of carbonyl (C=O) groups excluding carboxylic acids is 1. The number of ether oxygens (including phenoxy) is 1. The Morgan fingerprint density at radius 3 is 2.77 bits per heavy atom. The maximum absolute atomic E-state index is 10.8. The molecule has 0 spiro atoms. The summed E-state index contributed by atoms with van der Waals surface area (Å²) in [5.74, 6) is -0.320. The molecule has 0 radical (unpaired) electrons. The normalized spacial score (nSPS) is 9.69. The third-order valence-corrected chi connectivity index (χ3v) is 1.34. The molecule has 0 bridgehead atoms. The lowest BCUT2D eigenvalue weighted by atomic mass is 10.3. The minimum absolute atomic E-state index is 0.0824. The van der Waals surface area contributed by atoms with Crippen LogP contribution in [0.25, 0.3) is 0 Å². The molecule has 0 aromatic rings. The first kappa shape index (κ1) is 12.1. The average Bonchev–Trinajstić information content (AvgIpc) is 2.10. The summed E-state index contributed by atoms with van der Waals surface area (Å²) in [4.78, 5) is 15.6. The van der Waals surface area contributed by atoms with Crippen molar-refractivity contribution in [1.29, 1.82) is 0 Å². The highest BCUT2D eigenvalue weighted by atomic mass is 16.8. The Labute approximate surface area is 78.9 Å². The zero-order chi connectivity index (χ0) is 10.1. The van der Waals surface area contributed by atoms with E-state index in [4.69, 9.17) is 9.57 Å². The fraction of sp³-hybridized carbons (Fsp3) is 0.667. The second-order valence-electron chi connectivity index (χ2n) is 2.74. The SMILES string of the molecule is C=C(C)C(=O)NOCOCCCC. The number of hydrogen-bond donors (Lipinski definition) is 1. The van der Waals surface area contributed by atoms with Gasteiger partial charge in [0.2, 0.25) is 0 Å². The van der Waals surface area contributed by atoms with E-state index >= 15 is 0 Å². The standard InChI is InChI=1S/C9H17NO3/c1-4-5-6-12-7-13-10-9(11)8(2)3/h2,4-7H2,1,3H3,(H,10,11). The highest BCUT2D eigenvalue weighted by Crippen LogP contribution is 1.88. The third kappa shape index (κ3) is 7.49. The van der Waals surface area contributed by atoms with Gasteiger partial charge in [-0.2, -0.15) is 0 Å². The first-order chi connectivity index (χ1) is 6.18. The van der Waals surface area contributed by atoms with Crippen molar-refractivity contribution >= 4 is 5.91 Å². The molecule has 4 heteroatoms. The van der Waals surface area contributed by atoms with Crippen LogP contribution in [-0.2, 0) is 14.4 Å². The molecular weight excluding hydrogens is 170 g/mol. The van der Waals surface area contributed by atoms with Gasteiger partial charge in [-0.3, -0.25) is 4.79 Å². The van der Waals surface area contributed by atoms with Crippen molar-refractivity contribution in [2.75, 3.05) is 13.4 Å². The third-order valence-electron chi connectivity index (χ3n) is 1.34. The molecule has 0 fully saturated rings. The first-order valence-corrected chi connectivity index (χ1v) is 4.33. The maximum Gasteiger partial charge on any atom is 0.269 e. The molecule has 0 unspecified atom stereocenters. The van der Waals surface area contributed by atoms with Crippen molar-refractivity contribution in [3.63, 3.8) is 0 Å². The number of rotatable bonds is 7. The Morgan fingerprint density at radius 1 is 1.54 bits per heavy atom. The molecule has 0 aromatic carbocycles. The molecule has 0 atom stereocenters. The molecule has 0 aliphatic heterocycles. The molecule has 0 saturated carbocycles. The molecule has 1 amide bonds. The van der Waals surface area contributed by atoms with Crippen LogP contribution in [0.4, 0.5) is 0 Å². The van der Waals surface area contributed by atoms with Gasteiger partial charge in [0.25, 0.3) is 5.91 Å². The van der Waals surface area contributed by atoms with Crippen LogP contribution in [0.5, 0.6) is 0 Å².